The number of ether oxygens (including phenoxy) is 2. The predicted octanol–water partition coefficient (Wildman–Crippen LogP) is 5.93. The van der Waals surface area contributed by atoms with E-state index in [1.54, 1.807) is 6.07 Å². The van der Waals surface area contributed by atoms with Crippen molar-refractivity contribution in [3.05, 3.63) is 95.7 Å². The third-order valence-corrected chi connectivity index (χ3v) is 5.24. The van der Waals surface area contributed by atoms with Crippen LogP contribution in [0.25, 0.3) is 10.9 Å². The number of aromatic nitrogens is 1. The van der Waals surface area contributed by atoms with Gasteiger partial charge in [0.15, 0.2) is 0 Å². The summed E-state index contributed by atoms with van der Waals surface area (Å²) in [5, 5.41) is 0.927. The molecule has 0 bridgehead atoms. The Balaban J connectivity index is 1.58. The van der Waals surface area contributed by atoms with Gasteiger partial charge in [-0.25, -0.2) is 0 Å². The number of nitrogens with zero attached hydrogens (tertiary/aromatic N) is 1. The summed E-state index contributed by atoms with van der Waals surface area (Å²) < 4.78 is 13.4. The molecule has 1 aromatic heterocycles. The summed E-state index contributed by atoms with van der Waals surface area (Å²) >= 11 is 0. The molecule has 0 aliphatic carbocycles. The van der Waals surface area contributed by atoms with E-state index in [0.717, 1.165) is 28.8 Å². The van der Waals surface area contributed by atoms with Crippen LogP contribution < -0.4 is 9.47 Å². The fraction of sp³-hybridized carbons (Fsp3) is 0.192. The molecule has 4 aromatic rings. The van der Waals surface area contributed by atoms with Crippen molar-refractivity contribution in [1.29, 1.82) is 0 Å². The first kappa shape index (κ1) is 19.8. The highest BCUT2D eigenvalue weighted by Crippen LogP contribution is 2.30. The number of hydrogen-bond acceptors (Lipinski definition) is 3. The quantitative estimate of drug-likeness (QED) is 0.345. The molecule has 4 heteroatoms. The Morgan fingerprint density at radius 2 is 1.73 bits per heavy atom. The van der Waals surface area contributed by atoms with Crippen molar-refractivity contribution in [2.24, 2.45) is 0 Å². The Morgan fingerprint density at radius 3 is 2.50 bits per heavy atom. The molecule has 0 saturated carbocycles. The van der Waals surface area contributed by atoms with Crippen LogP contribution in [0.2, 0.25) is 0 Å². The van der Waals surface area contributed by atoms with E-state index in [9.17, 15) is 4.79 Å². The Morgan fingerprint density at radius 1 is 0.900 bits per heavy atom. The van der Waals surface area contributed by atoms with E-state index in [-0.39, 0.29) is 0 Å². The molecule has 1 heterocycles. The maximum Gasteiger partial charge on any atom is 0.298 e. The zero-order chi connectivity index (χ0) is 20.9. The Hall–Kier alpha value is -3.53. The summed E-state index contributed by atoms with van der Waals surface area (Å²) in [6.07, 6.45) is 2.02. The van der Waals surface area contributed by atoms with Gasteiger partial charge in [-0.2, -0.15) is 0 Å². The van der Waals surface area contributed by atoms with Crippen LogP contribution in [0.3, 0.4) is 0 Å². The zero-order valence-electron chi connectivity index (χ0n) is 17.2. The molecule has 0 fully saturated rings. The third-order valence-electron chi connectivity index (χ3n) is 5.24. The van der Waals surface area contributed by atoms with Gasteiger partial charge in [0.2, 0.25) is 0 Å². The smallest absolute Gasteiger partial charge is 0.298 e. The Kier molecular flexibility index (Phi) is 5.84. The molecule has 3 aromatic carbocycles. The zero-order valence-corrected chi connectivity index (χ0v) is 17.2. The number of carbonyl (C=O) groups is 1. The molecule has 152 valence electrons. The summed E-state index contributed by atoms with van der Waals surface area (Å²) in [6, 6.07) is 24.3. The second kappa shape index (κ2) is 8.87. The van der Waals surface area contributed by atoms with Gasteiger partial charge in [-0.3, -0.25) is 4.79 Å². The van der Waals surface area contributed by atoms with Crippen LogP contribution in [0.15, 0.2) is 79.0 Å². The lowest BCUT2D eigenvalue weighted by Gasteiger charge is -2.16. The molecule has 0 radical (unpaired) electrons. The summed E-state index contributed by atoms with van der Waals surface area (Å²) in [5.41, 5.74) is 4.59. The van der Waals surface area contributed by atoms with Crippen LogP contribution in [0.1, 0.15) is 36.5 Å². The molecule has 30 heavy (non-hydrogen) atoms. The highest BCUT2D eigenvalue weighted by molar-refractivity contribution is 5.87. The van der Waals surface area contributed by atoms with E-state index >= 15 is 0 Å². The minimum atomic E-state index is 0.352. The molecule has 0 unspecified atom stereocenters. The van der Waals surface area contributed by atoms with Crippen molar-refractivity contribution in [3.8, 4) is 11.5 Å². The fourth-order valence-electron chi connectivity index (χ4n) is 3.70. The molecule has 0 aliphatic heterocycles. The minimum Gasteiger partial charge on any atom is -0.489 e. The third kappa shape index (κ3) is 4.23. The lowest BCUT2D eigenvalue weighted by molar-refractivity contribution is -0.120. The van der Waals surface area contributed by atoms with Gasteiger partial charge in [-0.05, 0) is 46.9 Å². The van der Waals surface area contributed by atoms with Crippen molar-refractivity contribution in [2.45, 2.75) is 32.9 Å². The molecular formula is C26H25NO3. The maximum atomic E-state index is 10.8. The normalized spacial score (nSPS) is 11.0. The van der Waals surface area contributed by atoms with Gasteiger partial charge < -0.3 is 14.0 Å². The Labute approximate surface area is 176 Å². The first-order chi connectivity index (χ1) is 14.7. The van der Waals surface area contributed by atoms with E-state index in [0.29, 0.717) is 24.7 Å². The highest BCUT2D eigenvalue weighted by atomic mass is 16.5. The van der Waals surface area contributed by atoms with Gasteiger partial charge in [0.05, 0.1) is 5.52 Å². The Bertz CT molecular complexity index is 1150. The summed E-state index contributed by atoms with van der Waals surface area (Å²) in [7, 11) is 0. The largest absolute Gasteiger partial charge is 0.489 e. The standard InChI is InChI=1S/C26H25NO3/c1-19(2)23-15-21(11-12-26(23)29-17-20-7-4-3-5-8-20)16-27-14-13-22-24(27)9-6-10-25(22)30-18-28/h3-15,18-19H,16-17H2,1-2H3. The number of fused-ring (bicyclic) bond motifs is 1. The van der Waals surface area contributed by atoms with Crippen molar-refractivity contribution in [3.63, 3.8) is 0 Å². The molecule has 0 N–H and O–H groups in total. The molecule has 0 atom stereocenters. The van der Waals surface area contributed by atoms with E-state index in [1.807, 2.05) is 42.6 Å². The lowest BCUT2D eigenvalue weighted by Crippen LogP contribution is -2.03. The molecule has 0 aliphatic rings. The predicted molar refractivity (Wildman–Crippen MR) is 119 cm³/mol. The molecule has 0 amide bonds. The van der Waals surface area contributed by atoms with Gasteiger partial charge in [-0.1, -0.05) is 62.4 Å². The van der Waals surface area contributed by atoms with Crippen LogP contribution >= 0.6 is 0 Å². The van der Waals surface area contributed by atoms with Crippen molar-refractivity contribution < 1.29 is 14.3 Å². The van der Waals surface area contributed by atoms with Gasteiger partial charge in [-0.15, -0.1) is 0 Å². The SMILES string of the molecule is CC(C)c1cc(Cn2ccc3c(OC=O)cccc32)ccc1OCc1ccccc1. The molecular weight excluding hydrogens is 374 g/mol. The molecule has 4 rings (SSSR count). The number of carbonyl (C=O) groups excluding carboxylic acids is 1. The van der Waals surface area contributed by atoms with Crippen molar-refractivity contribution >= 4 is 17.4 Å². The maximum absolute atomic E-state index is 10.8. The number of hydrogen-bond donors (Lipinski definition) is 0. The summed E-state index contributed by atoms with van der Waals surface area (Å²) in [5.74, 6) is 1.86. The van der Waals surface area contributed by atoms with Crippen molar-refractivity contribution in [1.82, 2.24) is 4.57 Å². The molecule has 0 spiro atoms. The van der Waals surface area contributed by atoms with Gasteiger partial charge in [0.1, 0.15) is 18.1 Å². The molecule has 0 saturated heterocycles. The first-order valence-corrected chi connectivity index (χ1v) is 10.1. The number of rotatable bonds is 8. The summed E-state index contributed by atoms with van der Waals surface area (Å²) in [6.45, 7) is 6.12. The average Bonchev–Trinajstić information content (AvgIpc) is 3.17. The fourth-order valence-corrected chi connectivity index (χ4v) is 3.70. The highest BCUT2D eigenvalue weighted by Gasteiger charge is 2.12. The van der Waals surface area contributed by atoms with Crippen LogP contribution in [0.4, 0.5) is 0 Å². The van der Waals surface area contributed by atoms with E-state index in [4.69, 9.17) is 9.47 Å². The van der Waals surface area contributed by atoms with E-state index in [2.05, 4.69) is 48.7 Å². The van der Waals surface area contributed by atoms with E-state index < -0.39 is 0 Å². The second-order valence-electron chi connectivity index (χ2n) is 7.65. The van der Waals surface area contributed by atoms with Crippen LogP contribution in [0, 0.1) is 0 Å². The van der Waals surface area contributed by atoms with Crippen LogP contribution in [-0.2, 0) is 17.9 Å². The van der Waals surface area contributed by atoms with Gasteiger partial charge in [0, 0.05) is 18.1 Å². The van der Waals surface area contributed by atoms with Crippen molar-refractivity contribution in [2.75, 3.05) is 0 Å². The molecule has 4 nitrogen and oxygen atoms in total. The van der Waals surface area contributed by atoms with E-state index in [1.165, 1.54) is 11.1 Å². The van der Waals surface area contributed by atoms with Crippen LogP contribution in [0.5, 0.6) is 11.5 Å². The van der Waals surface area contributed by atoms with Crippen LogP contribution in [-0.4, -0.2) is 11.0 Å². The monoisotopic (exact) mass is 399 g/mol. The minimum absolute atomic E-state index is 0.352. The lowest BCUT2D eigenvalue weighted by atomic mass is 9.99. The number of benzene rings is 3. The second-order valence-corrected chi connectivity index (χ2v) is 7.65. The topological polar surface area (TPSA) is 40.5 Å². The van der Waals surface area contributed by atoms with Gasteiger partial charge >= 0.3 is 0 Å². The summed E-state index contributed by atoms with van der Waals surface area (Å²) in [4.78, 5) is 10.8. The van der Waals surface area contributed by atoms with Gasteiger partial charge in [0.25, 0.3) is 6.47 Å². The first-order valence-electron chi connectivity index (χ1n) is 10.1. The average molecular weight is 399 g/mol.